The van der Waals surface area contributed by atoms with Gasteiger partial charge in [-0.1, -0.05) is 12.1 Å². The van der Waals surface area contributed by atoms with Crippen molar-refractivity contribution in [3.8, 4) is 10.4 Å². The molecule has 2 aliphatic heterocycles. The van der Waals surface area contributed by atoms with Gasteiger partial charge in [-0.25, -0.2) is 0 Å². The van der Waals surface area contributed by atoms with Crippen LogP contribution in [0.5, 0.6) is 0 Å². The molecule has 1 aromatic carbocycles. The average molecular weight is 528 g/mol. The van der Waals surface area contributed by atoms with Crippen LogP contribution in [0.1, 0.15) is 21.8 Å². The van der Waals surface area contributed by atoms with Crippen LogP contribution in [0, 0.1) is 17.4 Å². The van der Waals surface area contributed by atoms with Crippen LogP contribution in [0.15, 0.2) is 66.4 Å². The van der Waals surface area contributed by atoms with E-state index in [-0.39, 0.29) is 0 Å². The highest BCUT2D eigenvalue weighted by Gasteiger charge is 2.52. The maximum atomic E-state index is 15.5. The van der Waals surface area contributed by atoms with E-state index in [1.807, 2.05) is 31.2 Å². The number of aromatic nitrogens is 1. The second kappa shape index (κ2) is 7.16. The van der Waals surface area contributed by atoms with Crippen molar-refractivity contribution in [2.24, 2.45) is 0 Å². The first-order chi connectivity index (χ1) is 14.3. The van der Waals surface area contributed by atoms with Crippen molar-refractivity contribution in [2.45, 2.75) is 13.8 Å². The third-order valence-electron chi connectivity index (χ3n) is 5.53. The Morgan fingerprint density at radius 2 is 1.80 bits per heavy atom. The normalized spacial score (nSPS) is 16.9. The molecule has 30 heavy (non-hydrogen) atoms. The highest BCUT2D eigenvalue weighted by molar-refractivity contribution is 14.1. The lowest BCUT2D eigenvalue weighted by Crippen LogP contribution is -2.50. The summed E-state index contributed by atoms with van der Waals surface area (Å²) in [6.07, 6.45) is 9.08. The number of fused-ring (bicyclic) bond motifs is 2. The van der Waals surface area contributed by atoms with Crippen LogP contribution in [0.4, 0.5) is 8.63 Å². The van der Waals surface area contributed by atoms with E-state index < -0.39 is 6.97 Å². The molecule has 7 heteroatoms. The number of allylic oxidation sites excluding steroid dienone is 3. The van der Waals surface area contributed by atoms with E-state index in [0.29, 0.717) is 22.8 Å². The van der Waals surface area contributed by atoms with Crippen LogP contribution >= 0.6 is 33.9 Å². The largest absolute Gasteiger partial charge is 0.737 e. The molecule has 0 spiro atoms. The molecule has 3 aromatic rings. The predicted molar refractivity (Wildman–Crippen MR) is 131 cm³/mol. The Bertz CT molecular complexity index is 1290. The van der Waals surface area contributed by atoms with Gasteiger partial charge < -0.3 is 17.6 Å². The molecule has 150 valence electrons. The van der Waals surface area contributed by atoms with Crippen LogP contribution in [0.25, 0.3) is 22.6 Å². The second-order valence-electron chi connectivity index (χ2n) is 7.55. The fraction of sp³-hybridized carbons (Fsp3) is 0.0870. The third kappa shape index (κ3) is 3.15. The summed E-state index contributed by atoms with van der Waals surface area (Å²) >= 11 is 3.94. The fourth-order valence-corrected chi connectivity index (χ4v) is 5.44. The zero-order valence-corrected chi connectivity index (χ0v) is 19.4. The molecule has 5 rings (SSSR count). The fourth-order valence-electron chi connectivity index (χ4n) is 4.16. The molecule has 0 radical (unpaired) electrons. The smallest absolute Gasteiger partial charge is 0.394 e. The minimum absolute atomic E-state index is 0.506. The number of rotatable bonds is 3. The number of halogens is 3. The Morgan fingerprint density at radius 3 is 2.57 bits per heavy atom. The molecule has 0 fully saturated rings. The summed E-state index contributed by atoms with van der Waals surface area (Å²) in [7, 11) is 0. The number of thiophene rings is 1. The molecule has 0 amide bonds. The summed E-state index contributed by atoms with van der Waals surface area (Å²) in [6.45, 7) is -0.315. The van der Waals surface area contributed by atoms with Crippen molar-refractivity contribution >= 4 is 58.8 Å². The molecule has 0 N–H and O–H groups in total. The Balaban J connectivity index is 1.50. The Kier molecular flexibility index (Phi) is 4.70. The molecule has 0 unspecified atom stereocenters. The SMILES string of the molecule is Cc1cc(C)n2c1C=C1C=CC(/C=C/c3ccc(-c4ccc([125I])cc4)s3)=[N+]1[B-]2(F)F. The summed E-state index contributed by atoms with van der Waals surface area (Å²) in [5, 5.41) is 0. The first kappa shape index (κ1) is 19.7. The number of aryl methyl sites for hydroxylation is 2. The van der Waals surface area contributed by atoms with Gasteiger partial charge in [-0.2, -0.15) is 0 Å². The van der Waals surface area contributed by atoms with Gasteiger partial charge in [0.1, 0.15) is 0 Å². The van der Waals surface area contributed by atoms with Gasteiger partial charge in [0.15, 0.2) is 11.4 Å². The van der Waals surface area contributed by atoms with Crippen molar-refractivity contribution in [2.75, 3.05) is 0 Å². The Morgan fingerprint density at radius 1 is 1.03 bits per heavy atom. The maximum Gasteiger partial charge on any atom is 0.737 e. The van der Waals surface area contributed by atoms with E-state index in [9.17, 15) is 0 Å². The van der Waals surface area contributed by atoms with Crippen molar-refractivity contribution in [1.29, 1.82) is 0 Å². The lowest BCUT2D eigenvalue weighted by Gasteiger charge is -2.30. The van der Waals surface area contributed by atoms with Gasteiger partial charge in [0.25, 0.3) is 0 Å². The topological polar surface area (TPSA) is 7.94 Å². The van der Waals surface area contributed by atoms with Crippen molar-refractivity contribution in [3.63, 3.8) is 0 Å². The molecule has 2 aromatic heterocycles. The summed E-state index contributed by atoms with van der Waals surface area (Å²) < 4.78 is 34.5. The van der Waals surface area contributed by atoms with Crippen LogP contribution in [-0.4, -0.2) is 21.6 Å². The molecule has 2 aliphatic rings. The molecular formula is C23H18BF2IN2S. The van der Waals surface area contributed by atoms with E-state index in [2.05, 4.69) is 52.9 Å². The van der Waals surface area contributed by atoms with E-state index in [4.69, 9.17) is 0 Å². The van der Waals surface area contributed by atoms with E-state index in [0.717, 1.165) is 20.9 Å². The first-order valence-corrected chi connectivity index (χ1v) is 11.5. The third-order valence-corrected chi connectivity index (χ3v) is 7.35. The molecule has 4 heterocycles. The van der Waals surface area contributed by atoms with Crippen LogP contribution in [-0.2, 0) is 0 Å². The monoisotopic (exact) mass is 528 g/mol. The highest BCUT2D eigenvalue weighted by atomic mass is 125. The number of benzene rings is 1. The lowest BCUT2D eigenvalue weighted by molar-refractivity contribution is -0.360. The minimum atomic E-state index is -3.93. The molecule has 0 aliphatic carbocycles. The zero-order valence-electron chi connectivity index (χ0n) is 16.4. The summed E-state index contributed by atoms with van der Waals surface area (Å²) in [5.41, 5.74) is 4.26. The van der Waals surface area contributed by atoms with Gasteiger partial charge in [0.05, 0.1) is 0 Å². The highest BCUT2D eigenvalue weighted by Crippen LogP contribution is 2.34. The Labute approximate surface area is 191 Å². The van der Waals surface area contributed by atoms with Crippen LogP contribution in [0.3, 0.4) is 0 Å². The molecule has 0 bridgehead atoms. The van der Waals surface area contributed by atoms with Gasteiger partial charge in [0.2, 0.25) is 0 Å². The van der Waals surface area contributed by atoms with E-state index in [1.54, 1.807) is 36.5 Å². The molecule has 0 atom stereocenters. The number of hydrogen-bond acceptors (Lipinski definition) is 1. The van der Waals surface area contributed by atoms with Crippen molar-refractivity contribution in [3.05, 3.63) is 91.8 Å². The standard InChI is InChI=1S/C23H18BF2IN2S/c1-15-13-16(2)28-22(15)14-20-8-7-19(29(20)24(28,25)26)9-10-21-11-12-23(30-21)17-3-5-18(27)6-4-17/h3-14H,1-2H3/b10-9+/i27-2. The van der Waals surface area contributed by atoms with Crippen molar-refractivity contribution in [1.82, 2.24) is 4.48 Å². The number of nitrogens with zero attached hydrogens (tertiary/aromatic N) is 2. The maximum absolute atomic E-state index is 15.5. The first-order valence-electron chi connectivity index (χ1n) is 9.65. The van der Waals surface area contributed by atoms with E-state index >= 15 is 8.63 Å². The molecule has 0 saturated heterocycles. The van der Waals surface area contributed by atoms with Crippen LogP contribution < -0.4 is 0 Å². The average Bonchev–Trinajstić information content (AvgIpc) is 3.39. The second-order valence-corrected chi connectivity index (χ2v) is 9.91. The van der Waals surface area contributed by atoms with Gasteiger partial charge in [-0.05, 0) is 89.7 Å². The Hall–Kier alpha value is -2.26. The molecule has 0 saturated carbocycles. The molecule has 2 nitrogen and oxygen atoms in total. The summed E-state index contributed by atoms with van der Waals surface area (Å²) in [6, 6.07) is 14.3. The minimum Gasteiger partial charge on any atom is -0.394 e. The van der Waals surface area contributed by atoms with Gasteiger partial charge >= 0.3 is 6.97 Å². The number of hydrogen-bond donors (Lipinski definition) is 0. The predicted octanol–water partition coefficient (Wildman–Crippen LogP) is 6.75. The van der Waals surface area contributed by atoms with Gasteiger partial charge in [-0.3, -0.25) is 0 Å². The van der Waals surface area contributed by atoms with E-state index in [1.165, 1.54) is 12.5 Å². The lowest BCUT2D eigenvalue weighted by atomic mass is 9.90. The van der Waals surface area contributed by atoms with Gasteiger partial charge in [-0.15, -0.1) is 11.3 Å². The van der Waals surface area contributed by atoms with Crippen LogP contribution in [0.2, 0.25) is 0 Å². The van der Waals surface area contributed by atoms with Crippen molar-refractivity contribution < 1.29 is 13.1 Å². The summed E-state index contributed by atoms with van der Waals surface area (Å²) in [5.74, 6) is 0. The zero-order chi connectivity index (χ0) is 21.0. The quantitative estimate of drug-likeness (QED) is 0.263. The summed E-state index contributed by atoms with van der Waals surface area (Å²) in [4.78, 5) is 2.19. The molecular weight excluding hydrogens is 510 g/mol. The van der Waals surface area contributed by atoms with Gasteiger partial charge in [0, 0.05) is 43.3 Å².